The van der Waals surface area contributed by atoms with Crippen molar-refractivity contribution in [3.63, 3.8) is 0 Å². The van der Waals surface area contributed by atoms with E-state index < -0.39 is 10.0 Å². The molecule has 1 amide bonds. The van der Waals surface area contributed by atoms with E-state index in [4.69, 9.17) is 0 Å². The van der Waals surface area contributed by atoms with Crippen molar-refractivity contribution in [2.24, 2.45) is 0 Å². The molecule has 0 bridgehead atoms. The Hall–Kier alpha value is -1.44. The van der Waals surface area contributed by atoms with Gasteiger partial charge >= 0.3 is 0 Å². The lowest BCUT2D eigenvalue weighted by Crippen LogP contribution is -2.34. The third-order valence-electron chi connectivity index (χ3n) is 3.93. The van der Waals surface area contributed by atoms with Crippen LogP contribution in [0.1, 0.15) is 40.5 Å². The number of hydrogen-bond acceptors (Lipinski definition) is 4. The number of carbonyl (C=O) groups excluding carboxylic acids is 1. The van der Waals surface area contributed by atoms with Gasteiger partial charge in [-0.2, -0.15) is 4.31 Å². The van der Waals surface area contributed by atoms with Gasteiger partial charge in [-0.3, -0.25) is 9.69 Å². The first-order valence-corrected chi connectivity index (χ1v) is 10.4. The first-order chi connectivity index (χ1) is 11.9. The van der Waals surface area contributed by atoms with E-state index >= 15 is 0 Å². The summed E-state index contributed by atoms with van der Waals surface area (Å²) in [5, 5.41) is 2.84. The minimum absolute atomic E-state index is 0.0822. The molecule has 1 N–H and O–H groups in total. The van der Waals surface area contributed by atoms with E-state index in [-0.39, 0.29) is 10.8 Å². The van der Waals surface area contributed by atoms with Crippen LogP contribution in [0.2, 0.25) is 0 Å². The van der Waals surface area contributed by atoms with Crippen molar-refractivity contribution in [1.82, 2.24) is 9.21 Å². The lowest BCUT2D eigenvalue weighted by Gasteiger charge is -2.20. The smallest absolute Gasteiger partial charge is 0.243 e. The van der Waals surface area contributed by atoms with Crippen molar-refractivity contribution < 1.29 is 13.2 Å². The molecule has 0 fully saturated rings. The summed E-state index contributed by atoms with van der Waals surface area (Å²) in [5.74, 6) is -0.0822. The van der Waals surface area contributed by atoms with Crippen LogP contribution in [0.5, 0.6) is 0 Å². The molecule has 6 nitrogen and oxygen atoms in total. The van der Waals surface area contributed by atoms with E-state index in [1.54, 1.807) is 24.3 Å². The number of benzene rings is 1. The van der Waals surface area contributed by atoms with Crippen LogP contribution in [0.15, 0.2) is 29.2 Å². The van der Waals surface area contributed by atoms with Crippen LogP contribution in [0, 0.1) is 0 Å². The van der Waals surface area contributed by atoms with E-state index in [9.17, 15) is 13.2 Å². The lowest BCUT2D eigenvalue weighted by molar-refractivity contribution is -0.117. The first-order valence-electron chi connectivity index (χ1n) is 9.01. The van der Waals surface area contributed by atoms with Gasteiger partial charge in [-0.05, 0) is 50.2 Å². The molecule has 0 unspecified atom stereocenters. The SMILES string of the molecule is CCCN(CCC)CC(=O)Nc1ccc(S(=O)(=O)N(CC)CC)cc1. The fourth-order valence-corrected chi connectivity index (χ4v) is 4.19. The second-order valence-corrected chi connectivity index (χ2v) is 7.88. The van der Waals surface area contributed by atoms with Gasteiger partial charge < -0.3 is 5.32 Å². The monoisotopic (exact) mass is 369 g/mol. The molecule has 1 aromatic carbocycles. The summed E-state index contributed by atoms with van der Waals surface area (Å²) >= 11 is 0. The van der Waals surface area contributed by atoms with Crippen molar-refractivity contribution in [2.75, 3.05) is 38.0 Å². The Morgan fingerprint density at radius 2 is 1.48 bits per heavy atom. The molecule has 0 heterocycles. The Bertz CT molecular complexity index is 619. The summed E-state index contributed by atoms with van der Waals surface area (Å²) in [4.78, 5) is 14.5. The van der Waals surface area contributed by atoms with Crippen LogP contribution in [-0.2, 0) is 14.8 Å². The summed E-state index contributed by atoms with van der Waals surface area (Å²) in [6.45, 7) is 10.8. The molecule has 0 saturated heterocycles. The van der Waals surface area contributed by atoms with Crippen LogP contribution in [0.4, 0.5) is 5.69 Å². The van der Waals surface area contributed by atoms with Crippen molar-refractivity contribution in [3.05, 3.63) is 24.3 Å². The lowest BCUT2D eigenvalue weighted by atomic mass is 10.3. The fourth-order valence-electron chi connectivity index (χ4n) is 2.73. The van der Waals surface area contributed by atoms with Gasteiger partial charge in [-0.1, -0.05) is 27.7 Å². The van der Waals surface area contributed by atoms with Gasteiger partial charge in [0.05, 0.1) is 11.4 Å². The summed E-state index contributed by atoms with van der Waals surface area (Å²) in [6.07, 6.45) is 2.01. The highest BCUT2D eigenvalue weighted by molar-refractivity contribution is 7.89. The second kappa shape index (κ2) is 10.5. The number of nitrogens with one attached hydrogen (secondary N) is 1. The molecule has 0 aliphatic carbocycles. The fraction of sp³-hybridized carbons (Fsp3) is 0.611. The van der Waals surface area contributed by atoms with Crippen molar-refractivity contribution in [3.8, 4) is 0 Å². The zero-order valence-electron chi connectivity index (χ0n) is 15.8. The van der Waals surface area contributed by atoms with Gasteiger partial charge in [0, 0.05) is 18.8 Å². The van der Waals surface area contributed by atoms with E-state index in [0.717, 1.165) is 25.9 Å². The largest absolute Gasteiger partial charge is 0.325 e. The topological polar surface area (TPSA) is 69.7 Å². The number of amides is 1. The molecule has 0 aromatic heterocycles. The molecular weight excluding hydrogens is 338 g/mol. The van der Waals surface area contributed by atoms with E-state index in [1.165, 1.54) is 4.31 Å². The zero-order valence-corrected chi connectivity index (χ0v) is 16.6. The predicted octanol–water partition coefficient (Wildman–Crippen LogP) is 2.78. The molecule has 0 atom stereocenters. The Balaban J connectivity index is 2.75. The van der Waals surface area contributed by atoms with Crippen LogP contribution >= 0.6 is 0 Å². The van der Waals surface area contributed by atoms with Crippen LogP contribution in [0.3, 0.4) is 0 Å². The summed E-state index contributed by atoms with van der Waals surface area (Å²) in [6, 6.07) is 6.36. The van der Waals surface area contributed by atoms with Gasteiger partial charge in [-0.25, -0.2) is 8.42 Å². The maximum absolute atomic E-state index is 12.4. The van der Waals surface area contributed by atoms with Crippen LogP contribution in [-0.4, -0.2) is 56.3 Å². The number of anilines is 1. The molecule has 0 radical (unpaired) electrons. The van der Waals surface area contributed by atoms with Gasteiger partial charge in [0.25, 0.3) is 0 Å². The summed E-state index contributed by atoms with van der Waals surface area (Å²) in [7, 11) is -3.47. The molecule has 0 saturated carbocycles. The Morgan fingerprint density at radius 1 is 0.960 bits per heavy atom. The van der Waals surface area contributed by atoms with Gasteiger partial charge in [0.2, 0.25) is 15.9 Å². The molecule has 142 valence electrons. The highest BCUT2D eigenvalue weighted by atomic mass is 32.2. The number of hydrogen-bond donors (Lipinski definition) is 1. The molecule has 0 aliphatic heterocycles. The quantitative estimate of drug-likeness (QED) is 0.651. The van der Waals surface area contributed by atoms with Gasteiger partial charge in [0.1, 0.15) is 0 Å². The van der Waals surface area contributed by atoms with Gasteiger partial charge in [-0.15, -0.1) is 0 Å². The third kappa shape index (κ3) is 6.41. The molecule has 1 rings (SSSR count). The van der Waals surface area contributed by atoms with Crippen molar-refractivity contribution in [2.45, 2.75) is 45.4 Å². The number of sulfonamides is 1. The number of rotatable bonds is 11. The molecule has 0 aliphatic rings. The van der Waals surface area contributed by atoms with Crippen LogP contribution in [0.25, 0.3) is 0 Å². The molecular formula is C18H31N3O3S. The van der Waals surface area contributed by atoms with E-state index in [1.807, 2.05) is 13.8 Å². The average Bonchev–Trinajstić information content (AvgIpc) is 2.56. The molecule has 7 heteroatoms. The Morgan fingerprint density at radius 3 is 1.92 bits per heavy atom. The maximum Gasteiger partial charge on any atom is 0.243 e. The van der Waals surface area contributed by atoms with Crippen molar-refractivity contribution >= 4 is 21.6 Å². The van der Waals surface area contributed by atoms with E-state index in [2.05, 4.69) is 24.1 Å². The van der Waals surface area contributed by atoms with Crippen LogP contribution < -0.4 is 5.32 Å². The summed E-state index contributed by atoms with van der Waals surface area (Å²) < 4.78 is 26.3. The van der Waals surface area contributed by atoms with Crippen molar-refractivity contribution in [1.29, 1.82) is 0 Å². The molecule has 1 aromatic rings. The second-order valence-electron chi connectivity index (χ2n) is 5.94. The highest BCUT2D eigenvalue weighted by Crippen LogP contribution is 2.18. The Labute approximate surface area is 152 Å². The predicted molar refractivity (Wildman–Crippen MR) is 102 cm³/mol. The molecule has 0 spiro atoms. The van der Waals surface area contributed by atoms with Gasteiger partial charge in [0.15, 0.2) is 0 Å². The zero-order chi connectivity index (χ0) is 18.9. The Kier molecular flexibility index (Phi) is 9.10. The van der Waals surface area contributed by atoms with E-state index in [0.29, 0.717) is 25.3 Å². The first kappa shape index (κ1) is 21.6. The third-order valence-corrected chi connectivity index (χ3v) is 5.99. The maximum atomic E-state index is 12.4. The minimum Gasteiger partial charge on any atom is -0.325 e. The normalized spacial score (nSPS) is 11.9. The average molecular weight is 370 g/mol. The minimum atomic E-state index is -3.47. The number of nitrogens with zero attached hydrogens (tertiary/aromatic N) is 2. The highest BCUT2D eigenvalue weighted by Gasteiger charge is 2.21. The number of carbonyl (C=O) groups is 1. The summed E-state index contributed by atoms with van der Waals surface area (Å²) in [5.41, 5.74) is 0.608. The standard InChI is InChI=1S/C18H31N3O3S/c1-5-13-20(14-6-2)15-18(22)19-16-9-11-17(12-10-16)25(23,24)21(7-3)8-4/h9-12H,5-8,13-15H2,1-4H3,(H,19,22). The molecule has 25 heavy (non-hydrogen) atoms.